The van der Waals surface area contributed by atoms with Gasteiger partial charge in [-0.3, -0.25) is 4.79 Å². The molecule has 0 fully saturated rings. The highest BCUT2D eigenvalue weighted by atomic mass is 16.5. The maximum atomic E-state index is 11.3. The summed E-state index contributed by atoms with van der Waals surface area (Å²) in [7, 11) is 3.59. The van der Waals surface area contributed by atoms with Gasteiger partial charge in [0.05, 0.1) is 6.61 Å². The number of rotatable bonds is 8. The molecule has 3 heteroatoms. The normalized spacial score (nSPS) is 10.3. The van der Waals surface area contributed by atoms with Crippen molar-refractivity contribution in [1.29, 1.82) is 0 Å². The molecule has 0 aliphatic heterocycles. The molecule has 0 aliphatic rings. The topological polar surface area (TPSA) is 29.5 Å². The molecule has 1 aromatic rings. The second-order valence-electron chi connectivity index (χ2n) is 4.64. The fourth-order valence-electron chi connectivity index (χ4n) is 1.64. The van der Waals surface area contributed by atoms with Gasteiger partial charge in [0.1, 0.15) is 0 Å². The minimum absolute atomic E-state index is 0.209. The summed E-state index contributed by atoms with van der Waals surface area (Å²) in [4.78, 5) is 13.0. The fourth-order valence-corrected chi connectivity index (χ4v) is 1.64. The lowest BCUT2D eigenvalue weighted by Gasteiger charge is -2.09. The number of carbonyl (C=O) groups is 1. The molecule has 100 valence electrons. The highest BCUT2D eigenvalue weighted by molar-refractivity contribution is 5.75. The Morgan fingerprint density at radius 3 is 2.50 bits per heavy atom. The van der Waals surface area contributed by atoms with Gasteiger partial charge in [0.25, 0.3) is 0 Å². The first-order valence-electron chi connectivity index (χ1n) is 6.52. The predicted molar refractivity (Wildman–Crippen MR) is 73.3 cm³/mol. The van der Waals surface area contributed by atoms with Crippen molar-refractivity contribution in [3.63, 3.8) is 0 Å². The monoisotopic (exact) mass is 249 g/mol. The molecule has 1 rings (SSSR count). The molecule has 0 unspecified atom stereocenters. The highest BCUT2D eigenvalue weighted by Gasteiger charge is 2.02. The summed E-state index contributed by atoms with van der Waals surface area (Å²) in [5.74, 6) is 0.209. The van der Waals surface area contributed by atoms with Gasteiger partial charge in [-0.05, 0) is 18.4 Å². The largest absolute Gasteiger partial charge is 0.377 e. The van der Waals surface area contributed by atoms with E-state index in [2.05, 4.69) is 12.1 Å². The second kappa shape index (κ2) is 8.70. The van der Waals surface area contributed by atoms with E-state index in [4.69, 9.17) is 4.74 Å². The SMILES string of the molecule is CN(C)C(=O)CCCCCOCc1ccccc1. The number of unbranched alkanes of at least 4 members (excludes halogenated alkanes) is 2. The van der Waals surface area contributed by atoms with Gasteiger partial charge in [0, 0.05) is 27.1 Å². The zero-order valence-corrected chi connectivity index (χ0v) is 11.4. The number of hydrogen-bond acceptors (Lipinski definition) is 2. The molecule has 0 saturated heterocycles. The smallest absolute Gasteiger partial charge is 0.222 e. The number of ether oxygens (including phenoxy) is 1. The summed E-state index contributed by atoms with van der Waals surface area (Å²) in [6, 6.07) is 10.2. The molecule has 0 spiro atoms. The number of nitrogens with zero attached hydrogens (tertiary/aromatic N) is 1. The molecule has 3 nitrogen and oxygen atoms in total. The van der Waals surface area contributed by atoms with Gasteiger partial charge in [-0.25, -0.2) is 0 Å². The summed E-state index contributed by atoms with van der Waals surface area (Å²) in [6.45, 7) is 1.45. The third-order valence-corrected chi connectivity index (χ3v) is 2.79. The van der Waals surface area contributed by atoms with Crippen LogP contribution in [-0.4, -0.2) is 31.5 Å². The van der Waals surface area contributed by atoms with E-state index < -0.39 is 0 Å². The van der Waals surface area contributed by atoms with E-state index in [1.807, 2.05) is 18.2 Å². The zero-order chi connectivity index (χ0) is 13.2. The van der Waals surface area contributed by atoms with Crippen molar-refractivity contribution >= 4 is 5.91 Å². The Kier molecular flexibility index (Phi) is 7.11. The van der Waals surface area contributed by atoms with Crippen molar-refractivity contribution in [2.75, 3.05) is 20.7 Å². The van der Waals surface area contributed by atoms with E-state index in [1.165, 1.54) is 5.56 Å². The Morgan fingerprint density at radius 1 is 1.11 bits per heavy atom. The Balaban J connectivity index is 1.95. The first kappa shape index (κ1) is 14.7. The molecular formula is C15H23NO2. The van der Waals surface area contributed by atoms with E-state index in [9.17, 15) is 4.79 Å². The fraction of sp³-hybridized carbons (Fsp3) is 0.533. The molecule has 1 aromatic carbocycles. The first-order chi connectivity index (χ1) is 8.70. The van der Waals surface area contributed by atoms with Crippen LogP contribution in [-0.2, 0) is 16.1 Å². The highest BCUT2D eigenvalue weighted by Crippen LogP contribution is 2.04. The molecule has 0 N–H and O–H groups in total. The van der Waals surface area contributed by atoms with Gasteiger partial charge in [0.2, 0.25) is 5.91 Å². The minimum atomic E-state index is 0.209. The molecule has 0 atom stereocenters. The maximum absolute atomic E-state index is 11.3. The summed E-state index contributed by atoms with van der Waals surface area (Å²) < 4.78 is 5.58. The molecular weight excluding hydrogens is 226 g/mol. The van der Waals surface area contributed by atoms with Crippen LogP contribution in [0.5, 0.6) is 0 Å². The van der Waals surface area contributed by atoms with Gasteiger partial charge in [-0.1, -0.05) is 36.8 Å². The van der Waals surface area contributed by atoms with Gasteiger partial charge in [-0.15, -0.1) is 0 Å². The second-order valence-corrected chi connectivity index (χ2v) is 4.64. The molecule has 0 aromatic heterocycles. The van der Waals surface area contributed by atoms with Crippen molar-refractivity contribution in [3.05, 3.63) is 35.9 Å². The Hall–Kier alpha value is -1.35. The number of benzene rings is 1. The van der Waals surface area contributed by atoms with Crippen LogP contribution >= 0.6 is 0 Å². The van der Waals surface area contributed by atoms with E-state index in [-0.39, 0.29) is 5.91 Å². The van der Waals surface area contributed by atoms with Crippen molar-refractivity contribution in [3.8, 4) is 0 Å². The third kappa shape index (κ3) is 6.40. The number of hydrogen-bond donors (Lipinski definition) is 0. The van der Waals surface area contributed by atoms with Crippen molar-refractivity contribution < 1.29 is 9.53 Å². The molecule has 18 heavy (non-hydrogen) atoms. The van der Waals surface area contributed by atoms with E-state index in [1.54, 1.807) is 19.0 Å². The van der Waals surface area contributed by atoms with Crippen LogP contribution in [0.1, 0.15) is 31.2 Å². The summed E-state index contributed by atoms with van der Waals surface area (Å²) >= 11 is 0. The summed E-state index contributed by atoms with van der Waals surface area (Å²) in [5.41, 5.74) is 1.21. The lowest BCUT2D eigenvalue weighted by Crippen LogP contribution is -2.21. The first-order valence-corrected chi connectivity index (χ1v) is 6.52. The average molecular weight is 249 g/mol. The predicted octanol–water partition coefficient (Wildman–Crippen LogP) is 2.85. The van der Waals surface area contributed by atoms with Crippen LogP contribution in [0.3, 0.4) is 0 Å². The van der Waals surface area contributed by atoms with E-state index in [0.717, 1.165) is 25.9 Å². The lowest BCUT2D eigenvalue weighted by atomic mass is 10.2. The van der Waals surface area contributed by atoms with E-state index in [0.29, 0.717) is 13.0 Å². The Morgan fingerprint density at radius 2 is 1.83 bits per heavy atom. The minimum Gasteiger partial charge on any atom is -0.377 e. The molecule has 0 saturated carbocycles. The van der Waals surface area contributed by atoms with Crippen LogP contribution < -0.4 is 0 Å². The number of amides is 1. The van der Waals surface area contributed by atoms with Crippen LogP contribution in [0.2, 0.25) is 0 Å². The molecule has 0 aliphatic carbocycles. The van der Waals surface area contributed by atoms with Crippen LogP contribution in [0.4, 0.5) is 0 Å². The van der Waals surface area contributed by atoms with Gasteiger partial charge >= 0.3 is 0 Å². The summed E-state index contributed by atoms with van der Waals surface area (Å²) in [6.07, 6.45) is 3.67. The average Bonchev–Trinajstić information content (AvgIpc) is 2.38. The van der Waals surface area contributed by atoms with Crippen LogP contribution in [0, 0.1) is 0 Å². The molecule has 1 amide bonds. The molecule has 0 heterocycles. The van der Waals surface area contributed by atoms with Gasteiger partial charge in [-0.2, -0.15) is 0 Å². The van der Waals surface area contributed by atoms with Crippen LogP contribution in [0.15, 0.2) is 30.3 Å². The van der Waals surface area contributed by atoms with Gasteiger partial charge < -0.3 is 9.64 Å². The maximum Gasteiger partial charge on any atom is 0.222 e. The quantitative estimate of drug-likeness (QED) is 0.663. The van der Waals surface area contributed by atoms with Crippen molar-refractivity contribution in [1.82, 2.24) is 4.90 Å². The summed E-state index contributed by atoms with van der Waals surface area (Å²) in [5, 5.41) is 0. The van der Waals surface area contributed by atoms with Gasteiger partial charge in [0.15, 0.2) is 0 Å². The van der Waals surface area contributed by atoms with Crippen molar-refractivity contribution in [2.24, 2.45) is 0 Å². The van der Waals surface area contributed by atoms with Crippen molar-refractivity contribution in [2.45, 2.75) is 32.3 Å². The zero-order valence-electron chi connectivity index (χ0n) is 11.4. The van der Waals surface area contributed by atoms with E-state index >= 15 is 0 Å². The molecule has 0 bridgehead atoms. The number of carbonyl (C=O) groups excluding carboxylic acids is 1. The standard InChI is InChI=1S/C15H23NO2/c1-16(2)15(17)11-7-4-8-12-18-13-14-9-5-3-6-10-14/h3,5-6,9-10H,4,7-8,11-13H2,1-2H3. The molecule has 0 radical (unpaired) electrons. The Bertz CT molecular complexity index is 336. The Labute approximate surface area is 110 Å². The lowest BCUT2D eigenvalue weighted by molar-refractivity contribution is -0.128. The van der Waals surface area contributed by atoms with Crippen LogP contribution in [0.25, 0.3) is 0 Å². The third-order valence-electron chi connectivity index (χ3n) is 2.79.